The van der Waals surface area contributed by atoms with Crippen molar-refractivity contribution in [2.45, 2.75) is 9.79 Å². The quantitative estimate of drug-likeness (QED) is 0.480. The SMILES string of the molecule is O=S(c1cccc(-c2ccc(O)cc2)c1)c1cccc(-c2ccc(O)cc2)c1. The van der Waals surface area contributed by atoms with Crippen molar-refractivity contribution in [3.05, 3.63) is 97.1 Å². The Bertz CT molecular complexity index is 1040. The maximum atomic E-state index is 13.2. The fourth-order valence-corrected chi connectivity index (χ4v) is 4.17. The largest absolute Gasteiger partial charge is 0.508 e. The van der Waals surface area contributed by atoms with E-state index in [0.29, 0.717) is 9.79 Å². The van der Waals surface area contributed by atoms with E-state index in [2.05, 4.69) is 0 Å². The first-order chi connectivity index (χ1) is 13.6. The topological polar surface area (TPSA) is 57.5 Å². The van der Waals surface area contributed by atoms with Crippen molar-refractivity contribution < 1.29 is 14.4 Å². The molecule has 4 aromatic carbocycles. The molecule has 2 N–H and O–H groups in total. The zero-order valence-corrected chi connectivity index (χ0v) is 15.8. The van der Waals surface area contributed by atoms with Gasteiger partial charge in [-0.25, -0.2) is 4.21 Å². The van der Waals surface area contributed by atoms with E-state index in [1.807, 2.05) is 72.8 Å². The van der Waals surface area contributed by atoms with Crippen LogP contribution >= 0.6 is 0 Å². The first-order valence-electron chi connectivity index (χ1n) is 8.81. The molecule has 4 aromatic rings. The molecule has 0 bridgehead atoms. The van der Waals surface area contributed by atoms with Crippen molar-refractivity contribution in [3.8, 4) is 33.8 Å². The molecule has 0 unspecified atom stereocenters. The van der Waals surface area contributed by atoms with Crippen molar-refractivity contribution in [3.63, 3.8) is 0 Å². The Kier molecular flexibility index (Phi) is 4.96. The number of hydrogen-bond acceptors (Lipinski definition) is 3. The van der Waals surface area contributed by atoms with Gasteiger partial charge in [0.1, 0.15) is 11.5 Å². The van der Waals surface area contributed by atoms with Crippen molar-refractivity contribution in [2.75, 3.05) is 0 Å². The highest BCUT2D eigenvalue weighted by molar-refractivity contribution is 7.85. The molecule has 0 aliphatic heterocycles. The fourth-order valence-electron chi connectivity index (χ4n) is 3.03. The minimum atomic E-state index is -1.32. The van der Waals surface area contributed by atoms with Crippen LogP contribution in [0, 0.1) is 0 Å². The third kappa shape index (κ3) is 3.82. The lowest BCUT2D eigenvalue weighted by molar-refractivity contribution is 0.475. The normalized spacial score (nSPS) is 10.9. The molecule has 0 spiro atoms. The molecule has 4 heteroatoms. The van der Waals surface area contributed by atoms with E-state index in [1.165, 1.54) is 0 Å². The number of aromatic hydroxyl groups is 2. The van der Waals surface area contributed by atoms with Gasteiger partial charge in [0.2, 0.25) is 0 Å². The number of phenolic OH excluding ortho intramolecular Hbond substituents is 2. The summed E-state index contributed by atoms with van der Waals surface area (Å²) in [7, 11) is -1.32. The summed E-state index contributed by atoms with van der Waals surface area (Å²) in [6.45, 7) is 0. The average Bonchev–Trinajstić information content (AvgIpc) is 2.74. The summed E-state index contributed by atoms with van der Waals surface area (Å²) in [4.78, 5) is 1.43. The summed E-state index contributed by atoms with van der Waals surface area (Å²) in [5.74, 6) is 0.434. The van der Waals surface area contributed by atoms with Gasteiger partial charge in [0.25, 0.3) is 0 Å². The third-order valence-corrected chi connectivity index (χ3v) is 5.86. The van der Waals surface area contributed by atoms with Gasteiger partial charge in [-0.15, -0.1) is 0 Å². The molecule has 0 saturated carbocycles. The summed E-state index contributed by atoms with van der Waals surface area (Å²) in [6, 6.07) is 29.1. The van der Waals surface area contributed by atoms with Crippen LogP contribution in [0.3, 0.4) is 0 Å². The Hall–Kier alpha value is -3.37. The summed E-state index contributed by atoms with van der Waals surface area (Å²) < 4.78 is 13.2. The van der Waals surface area contributed by atoms with Crippen molar-refractivity contribution in [2.24, 2.45) is 0 Å². The van der Waals surface area contributed by atoms with Crippen LogP contribution in [0.1, 0.15) is 0 Å². The van der Waals surface area contributed by atoms with Crippen LogP contribution in [0.25, 0.3) is 22.3 Å². The second-order valence-electron chi connectivity index (χ2n) is 6.42. The Morgan fingerprint density at radius 3 is 1.29 bits per heavy atom. The smallest absolute Gasteiger partial charge is 0.115 e. The second kappa shape index (κ2) is 7.71. The molecule has 28 heavy (non-hydrogen) atoms. The number of phenols is 2. The summed E-state index contributed by atoms with van der Waals surface area (Å²) in [5.41, 5.74) is 3.80. The van der Waals surface area contributed by atoms with E-state index in [0.717, 1.165) is 22.3 Å². The van der Waals surface area contributed by atoms with E-state index >= 15 is 0 Å². The van der Waals surface area contributed by atoms with Crippen molar-refractivity contribution in [1.29, 1.82) is 0 Å². The van der Waals surface area contributed by atoms with Crippen LogP contribution in [0.15, 0.2) is 107 Å². The second-order valence-corrected chi connectivity index (χ2v) is 7.90. The number of benzene rings is 4. The summed E-state index contributed by atoms with van der Waals surface area (Å²) in [5, 5.41) is 18.9. The van der Waals surface area contributed by atoms with E-state index in [1.54, 1.807) is 24.3 Å². The highest BCUT2D eigenvalue weighted by Crippen LogP contribution is 2.28. The van der Waals surface area contributed by atoms with Crippen LogP contribution < -0.4 is 0 Å². The van der Waals surface area contributed by atoms with Gasteiger partial charge >= 0.3 is 0 Å². The van der Waals surface area contributed by atoms with Gasteiger partial charge in [-0.05, 0) is 70.8 Å². The Labute approximate surface area is 166 Å². The molecular weight excluding hydrogens is 368 g/mol. The van der Waals surface area contributed by atoms with E-state index in [-0.39, 0.29) is 11.5 Å². The minimum Gasteiger partial charge on any atom is -0.508 e. The Morgan fingerprint density at radius 1 is 0.500 bits per heavy atom. The molecule has 138 valence electrons. The predicted octanol–water partition coefficient (Wildman–Crippen LogP) is 5.60. The lowest BCUT2D eigenvalue weighted by Crippen LogP contribution is -1.94. The molecule has 0 aliphatic rings. The maximum absolute atomic E-state index is 13.2. The molecule has 0 atom stereocenters. The van der Waals surface area contributed by atoms with Gasteiger partial charge < -0.3 is 10.2 Å². The standard InChI is InChI=1S/C24H18O3S/c25-21-11-7-17(8-12-21)19-3-1-5-23(15-19)28(27)24-6-2-4-20(16-24)18-9-13-22(26)14-10-18/h1-16,25-26H. The monoisotopic (exact) mass is 386 g/mol. The average molecular weight is 386 g/mol. The molecule has 3 nitrogen and oxygen atoms in total. The third-order valence-electron chi connectivity index (χ3n) is 4.50. The van der Waals surface area contributed by atoms with Gasteiger partial charge in [-0.1, -0.05) is 48.5 Å². The molecular formula is C24H18O3S. The van der Waals surface area contributed by atoms with E-state index < -0.39 is 10.8 Å². The highest BCUT2D eigenvalue weighted by Gasteiger charge is 2.10. The van der Waals surface area contributed by atoms with Gasteiger partial charge in [-0.2, -0.15) is 0 Å². The fraction of sp³-hybridized carbons (Fsp3) is 0. The van der Waals surface area contributed by atoms with E-state index in [9.17, 15) is 14.4 Å². The van der Waals surface area contributed by atoms with Crippen molar-refractivity contribution in [1.82, 2.24) is 0 Å². The Balaban J connectivity index is 1.66. The molecule has 0 aromatic heterocycles. The van der Waals surface area contributed by atoms with Gasteiger partial charge in [-0.3, -0.25) is 0 Å². The highest BCUT2D eigenvalue weighted by atomic mass is 32.2. The lowest BCUT2D eigenvalue weighted by atomic mass is 10.1. The summed E-state index contributed by atoms with van der Waals surface area (Å²) >= 11 is 0. The van der Waals surface area contributed by atoms with Crippen molar-refractivity contribution >= 4 is 10.8 Å². The Morgan fingerprint density at radius 2 is 0.893 bits per heavy atom. The first kappa shape index (κ1) is 18.0. The summed E-state index contributed by atoms with van der Waals surface area (Å²) in [6.07, 6.45) is 0. The minimum absolute atomic E-state index is 0.217. The predicted molar refractivity (Wildman–Crippen MR) is 112 cm³/mol. The molecule has 4 rings (SSSR count). The van der Waals surface area contributed by atoms with Gasteiger partial charge in [0.15, 0.2) is 0 Å². The molecule has 0 heterocycles. The number of rotatable bonds is 4. The van der Waals surface area contributed by atoms with Gasteiger partial charge in [0.05, 0.1) is 10.8 Å². The van der Waals surface area contributed by atoms with Crippen LogP contribution in [0.4, 0.5) is 0 Å². The molecule has 0 saturated heterocycles. The van der Waals surface area contributed by atoms with Crippen LogP contribution in [0.5, 0.6) is 11.5 Å². The lowest BCUT2D eigenvalue weighted by Gasteiger charge is -2.08. The van der Waals surface area contributed by atoms with Gasteiger partial charge in [0, 0.05) is 9.79 Å². The van der Waals surface area contributed by atoms with Crippen LogP contribution in [0.2, 0.25) is 0 Å². The van der Waals surface area contributed by atoms with Crippen LogP contribution in [-0.4, -0.2) is 14.4 Å². The zero-order chi connectivity index (χ0) is 19.5. The van der Waals surface area contributed by atoms with E-state index in [4.69, 9.17) is 0 Å². The zero-order valence-electron chi connectivity index (χ0n) is 14.9. The maximum Gasteiger partial charge on any atom is 0.115 e. The molecule has 0 fully saturated rings. The molecule has 0 amide bonds. The molecule has 0 aliphatic carbocycles. The molecule has 0 radical (unpaired) electrons. The number of hydrogen-bond donors (Lipinski definition) is 2. The van der Waals surface area contributed by atoms with Crippen LogP contribution in [-0.2, 0) is 10.8 Å². The first-order valence-corrected chi connectivity index (χ1v) is 9.96.